The second-order valence-electron chi connectivity index (χ2n) is 6.67. The summed E-state index contributed by atoms with van der Waals surface area (Å²) in [6, 6.07) is 13.0. The van der Waals surface area contributed by atoms with Crippen molar-refractivity contribution in [2.75, 3.05) is 0 Å². The van der Waals surface area contributed by atoms with Gasteiger partial charge in [-0.2, -0.15) is 0 Å². The molecule has 148 valence electrons. The standard InChI is InChI=1S/C22H19BrN2O3S/c1-3-13-5-7-16-14(10-20(26)28-19(16)9-13)12-29-22-24-18-8-6-15(23)11-17(18)21(27)25(22)4-2/h5-11H,3-4,12H2,1-2H3. The van der Waals surface area contributed by atoms with E-state index >= 15 is 0 Å². The maximum Gasteiger partial charge on any atom is 0.336 e. The maximum atomic E-state index is 12.9. The van der Waals surface area contributed by atoms with Crippen molar-refractivity contribution < 1.29 is 4.42 Å². The monoisotopic (exact) mass is 470 g/mol. The molecule has 0 spiro atoms. The molecule has 4 aromatic rings. The molecule has 4 rings (SSSR count). The van der Waals surface area contributed by atoms with E-state index in [1.165, 1.54) is 17.8 Å². The van der Waals surface area contributed by atoms with Gasteiger partial charge in [-0.25, -0.2) is 9.78 Å². The summed E-state index contributed by atoms with van der Waals surface area (Å²) in [5.41, 5.74) is 2.81. The fraction of sp³-hybridized carbons (Fsp3) is 0.227. The van der Waals surface area contributed by atoms with Crippen molar-refractivity contribution in [1.82, 2.24) is 9.55 Å². The Hall–Kier alpha value is -2.38. The smallest absolute Gasteiger partial charge is 0.336 e. The van der Waals surface area contributed by atoms with Crippen molar-refractivity contribution in [2.24, 2.45) is 0 Å². The summed E-state index contributed by atoms with van der Waals surface area (Å²) in [4.78, 5) is 29.6. The van der Waals surface area contributed by atoms with Gasteiger partial charge in [-0.3, -0.25) is 9.36 Å². The Labute approximate surface area is 179 Å². The summed E-state index contributed by atoms with van der Waals surface area (Å²) in [7, 11) is 0. The zero-order chi connectivity index (χ0) is 20.5. The van der Waals surface area contributed by atoms with Crippen LogP contribution in [0, 0.1) is 0 Å². The molecule has 0 amide bonds. The normalized spacial score (nSPS) is 11.4. The van der Waals surface area contributed by atoms with E-state index in [1.807, 2.05) is 37.3 Å². The second-order valence-corrected chi connectivity index (χ2v) is 8.53. The van der Waals surface area contributed by atoms with E-state index in [4.69, 9.17) is 9.40 Å². The van der Waals surface area contributed by atoms with Crippen molar-refractivity contribution >= 4 is 49.6 Å². The topological polar surface area (TPSA) is 65.1 Å². The van der Waals surface area contributed by atoms with Crippen LogP contribution in [0.1, 0.15) is 25.0 Å². The minimum absolute atomic E-state index is 0.0636. The van der Waals surface area contributed by atoms with Crippen LogP contribution in [0.3, 0.4) is 0 Å². The van der Waals surface area contributed by atoms with Gasteiger partial charge in [0, 0.05) is 28.2 Å². The van der Waals surface area contributed by atoms with Crippen LogP contribution in [0.5, 0.6) is 0 Å². The number of fused-ring (bicyclic) bond motifs is 2. The van der Waals surface area contributed by atoms with Gasteiger partial charge in [0.25, 0.3) is 5.56 Å². The van der Waals surface area contributed by atoms with Gasteiger partial charge in [-0.1, -0.05) is 46.7 Å². The number of aromatic nitrogens is 2. The number of nitrogens with zero attached hydrogens (tertiary/aromatic N) is 2. The van der Waals surface area contributed by atoms with Crippen LogP contribution in [-0.4, -0.2) is 9.55 Å². The molecule has 29 heavy (non-hydrogen) atoms. The lowest BCUT2D eigenvalue weighted by Crippen LogP contribution is -2.22. The average Bonchev–Trinajstić information content (AvgIpc) is 2.72. The lowest BCUT2D eigenvalue weighted by molar-refractivity contribution is 0.559. The van der Waals surface area contributed by atoms with E-state index in [0.717, 1.165) is 27.4 Å². The molecule has 0 fully saturated rings. The highest BCUT2D eigenvalue weighted by molar-refractivity contribution is 9.10. The molecule has 0 N–H and O–H groups in total. The molecule has 0 radical (unpaired) electrons. The maximum absolute atomic E-state index is 12.9. The highest BCUT2D eigenvalue weighted by Crippen LogP contribution is 2.27. The zero-order valence-electron chi connectivity index (χ0n) is 16.1. The minimum Gasteiger partial charge on any atom is -0.423 e. The van der Waals surface area contributed by atoms with Gasteiger partial charge in [-0.15, -0.1) is 0 Å². The van der Waals surface area contributed by atoms with E-state index in [9.17, 15) is 9.59 Å². The zero-order valence-corrected chi connectivity index (χ0v) is 18.5. The quantitative estimate of drug-likeness (QED) is 0.229. The van der Waals surface area contributed by atoms with Gasteiger partial charge in [0.05, 0.1) is 10.9 Å². The number of hydrogen-bond acceptors (Lipinski definition) is 5. The number of hydrogen-bond donors (Lipinski definition) is 0. The van der Waals surface area contributed by atoms with Crippen LogP contribution in [0.15, 0.2) is 66.1 Å². The fourth-order valence-electron chi connectivity index (χ4n) is 3.32. The first-order valence-corrected chi connectivity index (χ1v) is 11.2. The van der Waals surface area contributed by atoms with Gasteiger partial charge >= 0.3 is 5.63 Å². The van der Waals surface area contributed by atoms with E-state index in [-0.39, 0.29) is 11.2 Å². The SMILES string of the molecule is CCc1ccc2c(CSc3nc4ccc(Br)cc4c(=O)n3CC)cc(=O)oc2c1. The predicted molar refractivity (Wildman–Crippen MR) is 121 cm³/mol. The van der Waals surface area contributed by atoms with Gasteiger partial charge in [0.1, 0.15) is 5.58 Å². The third-order valence-corrected chi connectivity index (χ3v) is 6.38. The first kappa shape index (κ1) is 19.9. The molecular weight excluding hydrogens is 452 g/mol. The van der Waals surface area contributed by atoms with Gasteiger partial charge in [0.15, 0.2) is 5.16 Å². The van der Waals surface area contributed by atoms with Gasteiger partial charge < -0.3 is 4.42 Å². The van der Waals surface area contributed by atoms with Crippen LogP contribution in [0.2, 0.25) is 0 Å². The molecule has 5 nitrogen and oxygen atoms in total. The van der Waals surface area contributed by atoms with Crippen LogP contribution in [0.25, 0.3) is 21.9 Å². The van der Waals surface area contributed by atoms with Crippen molar-refractivity contribution in [3.05, 3.63) is 78.8 Å². The molecule has 2 aromatic carbocycles. The number of halogens is 1. The molecule has 0 aliphatic heterocycles. The number of rotatable bonds is 5. The lowest BCUT2D eigenvalue weighted by atomic mass is 10.1. The third kappa shape index (κ3) is 3.89. The Morgan fingerprint density at radius 1 is 1.07 bits per heavy atom. The number of benzene rings is 2. The molecule has 0 saturated carbocycles. The van der Waals surface area contributed by atoms with Crippen molar-refractivity contribution in [3.63, 3.8) is 0 Å². The van der Waals surface area contributed by atoms with Crippen molar-refractivity contribution in [3.8, 4) is 0 Å². The Morgan fingerprint density at radius 2 is 1.90 bits per heavy atom. The van der Waals surface area contributed by atoms with Crippen LogP contribution < -0.4 is 11.2 Å². The van der Waals surface area contributed by atoms with Crippen LogP contribution in [0.4, 0.5) is 0 Å². The Balaban J connectivity index is 1.76. The van der Waals surface area contributed by atoms with E-state index in [2.05, 4.69) is 22.9 Å². The first-order chi connectivity index (χ1) is 14.0. The molecule has 0 unspecified atom stereocenters. The summed E-state index contributed by atoms with van der Waals surface area (Å²) in [5.74, 6) is 0.516. The molecule has 2 heterocycles. The van der Waals surface area contributed by atoms with Crippen molar-refractivity contribution in [1.29, 1.82) is 0 Å². The van der Waals surface area contributed by atoms with Crippen LogP contribution in [-0.2, 0) is 18.7 Å². The largest absolute Gasteiger partial charge is 0.423 e. The Kier molecular flexibility index (Phi) is 5.61. The third-order valence-electron chi connectivity index (χ3n) is 4.86. The summed E-state index contributed by atoms with van der Waals surface area (Å²) in [5, 5.41) is 2.13. The predicted octanol–water partition coefficient (Wildman–Crippen LogP) is 5.14. The van der Waals surface area contributed by atoms with Gasteiger partial charge in [-0.05, 0) is 48.7 Å². The highest BCUT2D eigenvalue weighted by atomic mass is 79.9. The Bertz CT molecular complexity index is 1340. The molecular formula is C22H19BrN2O3S. The highest BCUT2D eigenvalue weighted by Gasteiger charge is 2.13. The first-order valence-electron chi connectivity index (χ1n) is 9.38. The summed E-state index contributed by atoms with van der Waals surface area (Å²) in [6.45, 7) is 4.51. The molecule has 0 saturated heterocycles. The second kappa shape index (κ2) is 8.16. The summed E-state index contributed by atoms with van der Waals surface area (Å²) < 4.78 is 7.91. The van der Waals surface area contributed by atoms with E-state index < -0.39 is 0 Å². The van der Waals surface area contributed by atoms with E-state index in [1.54, 1.807) is 10.6 Å². The lowest BCUT2D eigenvalue weighted by Gasteiger charge is -2.12. The minimum atomic E-state index is -0.370. The van der Waals surface area contributed by atoms with E-state index in [0.29, 0.717) is 33.9 Å². The molecule has 7 heteroatoms. The number of thioether (sulfide) groups is 1. The Morgan fingerprint density at radius 3 is 2.66 bits per heavy atom. The molecule has 0 bridgehead atoms. The summed E-state index contributed by atoms with van der Waals surface area (Å²) in [6.07, 6.45) is 0.874. The fourth-order valence-corrected chi connectivity index (χ4v) is 4.73. The van der Waals surface area contributed by atoms with Crippen molar-refractivity contribution in [2.45, 2.75) is 37.7 Å². The molecule has 0 aliphatic carbocycles. The molecule has 0 atom stereocenters. The number of aryl methyl sites for hydroxylation is 1. The average molecular weight is 471 g/mol. The van der Waals surface area contributed by atoms with Crippen LogP contribution >= 0.6 is 27.7 Å². The molecule has 0 aliphatic rings. The van der Waals surface area contributed by atoms with Gasteiger partial charge in [0.2, 0.25) is 0 Å². The summed E-state index contributed by atoms with van der Waals surface area (Å²) >= 11 is 4.86. The molecule has 2 aromatic heterocycles.